The van der Waals surface area contributed by atoms with Crippen LogP contribution in [0.2, 0.25) is 5.02 Å². The lowest BCUT2D eigenvalue weighted by molar-refractivity contribution is 0.0692. The summed E-state index contributed by atoms with van der Waals surface area (Å²) < 4.78 is 73.3. The van der Waals surface area contributed by atoms with E-state index < -0.39 is 62.7 Å². The number of rotatable bonds is 6. The Morgan fingerprint density at radius 2 is 1.91 bits per heavy atom. The first-order valence-corrected chi connectivity index (χ1v) is 10.6. The highest BCUT2D eigenvalue weighted by molar-refractivity contribution is 7.81. The van der Waals surface area contributed by atoms with Gasteiger partial charge in [-0.15, -0.1) is 0 Å². The van der Waals surface area contributed by atoms with Gasteiger partial charge in [0.15, 0.2) is 17.3 Å². The van der Waals surface area contributed by atoms with Crippen LogP contribution in [0.3, 0.4) is 0 Å². The lowest BCUT2D eigenvalue weighted by atomic mass is 10.0. The Hall–Kier alpha value is -3.68. The van der Waals surface area contributed by atoms with Gasteiger partial charge in [-0.1, -0.05) is 17.7 Å². The molecule has 34 heavy (non-hydrogen) atoms. The number of benzene rings is 2. The molecule has 0 amide bonds. The number of aromatic carboxylic acids is 1. The molecule has 14 heteroatoms. The van der Waals surface area contributed by atoms with Crippen molar-refractivity contribution in [2.45, 2.75) is 0 Å². The monoisotopic (exact) mass is 512 g/mol. The van der Waals surface area contributed by atoms with Crippen LogP contribution < -0.4 is 9.04 Å². The summed E-state index contributed by atoms with van der Waals surface area (Å²) in [7, 11) is 1.21. The van der Waals surface area contributed by atoms with Crippen molar-refractivity contribution >= 4 is 51.1 Å². The summed E-state index contributed by atoms with van der Waals surface area (Å²) in [4.78, 5) is 15.1. The number of H-pyrrole nitrogens is 1. The Balaban J connectivity index is 1.96. The molecule has 0 fully saturated rings. The van der Waals surface area contributed by atoms with E-state index in [4.69, 9.17) is 21.4 Å². The van der Waals surface area contributed by atoms with Crippen molar-refractivity contribution < 1.29 is 36.6 Å². The molecular formula is C20H12ClF3N4O5S. The van der Waals surface area contributed by atoms with Crippen molar-refractivity contribution in [3.63, 3.8) is 0 Å². The highest BCUT2D eigenvalue weighted by Crippen LogP contribution is 2.41. The van der Waals surface area contributed by atoms with Gasteiger partial charge in [0.05, 0.1) is 23.4 Å². The van der Waals surface area contributed by atoms with Gasteiger partial charge in [0.1, 0.15) is 17.0 Å². The van der Waals surface area contributed by atoms with Crippen LogP contribution >= 0.6 is 11.6 Å². The number of pyridine rings is 1. The molecule has 2 aromatic heterocycles. The lowest BCUT2D eigenvalue weighted by Crippen LogP contribution is -2.22. The number of carboxylic acids is 1. The van der Waals surface area contributed by atoms with Crippen LogP contribution in [0.25, 0.3) is 22.0 Å². The molecule has 1 unspecified atom stereocenters. The van der Waals surface area contributed by atoms with Crippen molar-refractivity contribution in [3.05, 3.63) is 64.7 Å². The zero-order valence-corrected chi connectivity index (χ0v) is 18.4. The van der Waals surface area contributed by atoms with E-state index in [1.807, 2.05) is 0 Å². The van der Waals surface area contributed by atoms with Crippen LogP contribution in [0.15, 0.2) is 36.5 Å². The number of methoxy groups -OCH3 is 1. The summed E-state index contributed by atoms with van der Waals surface area (Å²) in [6.45, 7) is 0. The van der Waals surface area contributed by atoms with Gasteiger partial charge in [-0.25, -0.2) is 31.5 Å². The minimum atomic E-state index is -2.92. The molecule has 176 valence electrons. The number of carboxylic acid groups (broad SMARTS) is 1. The van der Waals surface area contributed by atoms with Crippen LogP contribution in [0.1, 0.15) is 10.5 Å². The first kappa shape index (κ1) is 23.5. The minimum Gasteiger partial charge on any atom is -0.479 e. The van der Waals surface area contributed by atoms with Gasteiger partial charge in [0.2, 0.25) is 5.88 Å². The molecule has 4 rings (SSSR count). The average Bonchev–Trinajstić information content (AvgIpc) is 3.22. The van der Waals surface area contributed by atoms with Gasteiger partial charge in [-0.3, -0.25) is 9.65 Å². The summed E-state index contributed by atoms with van der Waals surface area (Å²) in [5.41, 5.74) is -3.16. The Kier molecular flexibility index (Phi) is 6.17. The molecule has 0 aliphatic carbocycles. The van der Waals surface area contributed by atoms with Crippen LogP contribution in [-0.2, 0) is 11.3 Å². The fourth-order valence-electron chi connectivity index (χ4n) is 3.37. The Labute approximate surface area is 196 Å². The molecular weight excluding hydrogens is 501 g/mol. The summed E-state index contributed by atoms with van der Waals surface area (Å²) in [6.07, 6.45) is 1.19. The number of nitrogens with one attached hydrogen (secondary N) is 1. The van der Waals surface area contributed by atoms with E-state index in [0.717, 1.165) is 24.3 Å². The largest absolute Gasteiger partial charge is 0.479 e. The smallest absolute Gasteiger partial charge is 0.354 e. The topological polar surface area (TPSA) is 129 Å². The molecule has 1 atom stereocenters. The third-order valence-corrected chi connectivity index (χ3v) is 5.72. The van der Waals surface area contributed by atoms with Gasteiger partial charge in [-0.2, -0.15) is 5.10 Å². The normalized spacial score (nSPS) is 12.1. The molecule has 9 nitrogen and oxygen atoms in total. The second-order valence-electron chi connectivity index (χ2n) is 6.69. The highest BCUT2D eigenvalue weighted by atomic mass is 35.5. The van der Waals surface area contributed by atoms with E-state index in [1.54, 1.807) is 0 Å². The van der Waals surface area contributed by atoms with Crippen molar-refractivity contribution in [2.75, 3.05) is 11.4 Å². The maximum atomic E-state index is 15.7. The molecule has 4 aromatic rings. The van der Waals surface area contributed by atoms with Crippen LogP contribution in [-0.4, -0.2) is 42.1 Å². The summed E-state index contributed by atoms with van der Waals surface area (Å²) in [6, 6.07) is 4.93. The Bertz CT molecular complexity index is 1480. The van der Waals surface area contributed by atoms with Gasteiger partial charge in [0, 0.05) is 17.1 Å². The molecule has 2 aromatic carbocycles. The molecule has 0 aliphatic rings. The number of anilines is 2. The number of fused-ring (bicyclic) bond motifs is 1. The third-order valence-electron chi connectivity index (χ3n) is 4.80. The van der Waals surface area contributed by atoms with E-state index in [0.29, 0.717) is 4.31 Å². The Morgan fingerprint density at radius 3 is 2.56 bits per heavy atom. The van der Waals surface area contributed by atoms with Crippen LogP contribution in [0, 0.1) is 17.5 Å². The van der Waals surface area contributed by atoms with Crippen LogP contribution in [0.5, 0.6) is 5.88 Å². The standard InChI is InChI=1S/C20H12ClF3N4O5S/c1-33-19-13(6-8(21)7-25-19)28(34(31)32)12-5-4-11(22)14(16(12)24)9-2-3-10-17(15(9)23)26-27-18(10)20(29)30/h2-7H,1H3,(H,26,27)(H,29,30)(H,31,32). The average molecular weight is 513 g/mol. The molecule has 0 saturated heterocycles. The van der Waals surface area contributed by atoms with Crippen molar-refractivity contribution in [1.29, 1.82) is 0 Å². The first-order chi connectivity index (χ1) is 16.1. The van der Waals surface area contributed by atoms with Gasteiger partial charge < -0.3 is 9.84 Å². The number of hydrogen-bond acceptors (Lipinski definition) is 5. The fourth-order valence-corrected chi connectivity index (χ4v) is 4.13. The molecule has 0 spiro atoms. The van der Waals surface area contributed by atoms with E-state index >= 15 is 8.78 Å². The van der Waals surface area contributed by atoms with Crippen LogP contribution in [0.4, 0.5) is 24.5 Å². The zero-order valence-electron chi connectivity index (χ0n) is 16.8. The number of aromatic nitrogens is 3. The predicted molar refractivity (Wildman–Crippen MR) is 117 cm³/mol. The predicted octanol–water partition coefficient (Wildman–Crippen LogP) is 4.68. The number of nitrogens with zero attached hydrogens (tertiary/aromatic N) is 3. The van der Waals surface area contributed by atoms with Gasteiger partial charge in [0.25, 0.3) is 11.3 Å². The number of hydrogen-bond donors (Lipinski definition) is 3. The van der Waals surface area contributed by atoms with Gasteiger partial charge in [-0.05, 0) is 24.3 Å². The maximum Gasteiger partial charge on any atom is 0.354 e. The quantitative estimate of drug-likeness (QED) is 0.320. The molecule has 0 bridgehead atoms. The maximum absolute atomic E-state index is 15.7. The third kappa shape index (κ3) is 3.83. The van der Waals surface area contributed by atoms with E-state index in [2.05, 4.69) is 15.2 Å². The summed E-state index contributed by atoms with van der Waals surface area (Å²) >= 11 is 3.00. The molecule has 0 saturated carbocycles. The number of carbonyl (C=O) groups is 1. The molecule has 3 N–H and O–H groups in total. The second-order valence-corrected chi connectivity index (χ2v) is 7.95. The summed E-state index contributed by atoms with van der Waals surface area (Å²) in [5.74, 6) is -5.37. The van der Waals surface area contributed by atoms with E-state index in [9.17, 15) is 17.9 Å². The number of halogens is 4. The zero-order chi connectivity index (χ0) is 24.7. The number of ether oxygens (including phenoxy) is 1. The van der Waals surface area contributed by atoms with E-state index in [1.165, 1.54) is 19.4 Å². The first-order valence-electron chi connectivity index (χ1n) is 9.14. The van der Waals surface area contributed by atoms with E-state index in [-0.39, 0.29) is 22.0 Å². The Morgan fingerprint density at radius 1 is 1.18 bits per heavy atom. The number of aromatic amines is 1. The van der Waals surface area contributed by atoms with Crippen molar-refractivity contribution in [1.82, 2.24) is 15.2 Å². The molecule has 2 heterocycles. The van der Waals surface area contributed by atoms with Gasteiger partial charge >= 0.3 is 5.97 Å². The fraction of sp³-hybridized carbons (Fsp3) is 0.0500. The summed E-state index contributed by atoms with van der Waals surface area (Å²) in [5, 5.41) is 14.8. The highest BCUT2D eigenvalue weighted by Gasteiger charge is 2.29. The lowest BCUT2D eigenvalue weighted by Gasteiger charge is -2.23. The molecule has 0 radical (unpaired) electrons. The SMILES string of the molecule is COc1ncc(Cl)cc1N(c1ccc(F)c(-c2ccc3c(C(=O)O)[nH]nc3c2F)c1F)S(=O)O. The molecule has 0 aliphatic heterocycles. The second kappa shape index (κ2) is 8.93. The van der Waals surface area contributed by atoms with Crippen molar-refractivity contribution in [2.24, 2.45) is 0 Å². The van der Waals surface area contributed by atoms with Crippen molar-refractivity contribution in [3.8, 4) is 17.0 Å². The minimum absolute atomic E-state index is 0.0262.